The van der Waals surface area contributed by atoms with Crippen LogP contribution in [-0.2, 0) is 4.79 Å². The number of hydrogen-bond acceptors (Lipinski definition) is 5. The third-order valence-electron chi connectivity index (χ3n) is 7.29. The fraction of sp³-hybridized carbons (Fsp3) is 0.320. The topological polar surface area (TPSA) is 88.2 Å². The number of carboxylic acid groups (broad SMARTS) is 1. The second kappa shape index (κ2) is 7.70. The molecular formula is C25H21ClFN3O3. The summed E-state index contributed by atoms with van der Waals surface area (Å²) in [7, 11) is 0. The Kier molecular flexibility index (Phi) is 4.76. The molecule has 168 valence electrons. The Hall–Kier alpha value is -3.19. The van der Waals surface area contributed by atoms with Crippen LogP contribution in [0.4, 0.5) is 10.2 Å². The molecule has 2 aromatic carbocycles. The van der Waals surface area contributed by atoms with Gasteiger partial charge in [0.2, 0.25) is 5.28 Å². The number of rotatable bonds is 4. The molecule has 8 heteroatoms. The Morgan fingerprint density at radius 1 is 1.03 bits per heavy atom. The van der Waals surface area contributed by atoms with E-state index in [1.165, 1.54) is 0 Å². The first-order chi connectivity index (χ1) is 16.0. The first-order valence-corrected chi connectivity index (χ1v) is 11.5. The van der Waals surface area contributed by atoms with Crippen LogP contribution in [0.15, 0.2) is 46.9 Å². The number of fused-ring (bicyclic) bond motifs is 6. The zero-order valence-electron chi connectivity index (χ0n) is 17.6. The monoisotopic (exact) mass is 465 g/mol. The van der Waals surface area contributed by atoms with Crippen LogP contribution in [0.25, 0.3) is 33.2 Å². The highest BCUT2D eigenvalue weighted by molar-refractivity contribution is 6.28. The molecule has 2 bridgehead atoms. The zero-order valence-corrected chi connectivity index (χ0v) is 18.3. The Morgan fingerprint density at radius 3 is 2.55 bits per heavy atom. The zero-order chi connectivity index (χ0) is 22.7. The van der Waals surface area contributed by atoms with Gasteiger partial charge in [0.1, 0.15) is 16.9 Å². The molecule has 4 aromatic rings. The lowest BCUT2D eigenvalue weighted by Crippen LogP contribution is -2.51. The standard InChI is InChI=1S/C25H21ClFN3O3/c26-25-29-21(16-6-3-5-15-14-4-1-2-7-17(14)33-22(15)16)19(27)23(30-25)28-20-13-10-8-12(9-11-13)18(20)24(31)32/h1-7,12-13,18,20H,8-11H2,(H,31,32)(H,28,29,30). The van der Waals surface area contributed by atoms with Gasteiger partial charge in [-0.05, 0) is 61.3 Å². The fourth-order valence-electron chi connectivity index (χ4n) is 5.80. The minimum atomic E-state index is -0.852. The van der Waals surface area contributed by atoms with E-state index in [9.17, 15) is 9.90 Å². The number of hydrogen-bond donors (Lipinski definition) is 2. The molecule has 0 aliphatic heterocycles. The van der Waals surface area contributed by atoms with Gasteiger partial charge >= 0.3 is 5.97 Å². The third kappa shape index (κ3) is 3.25. The average molecular weight is 466 g/mol. The molecule has 3 fully saturated rings. The molecule has 2 atom stereocenters. The molecule has 2 heterocycles. The number of carboxylic acids is 1. The maximum Gasteiger partial charge on any atom is 0.308 e. The molecule has 0 amide bonds. The predicted octanol–water partition coefficient (Wildman–Crippen LogP) is 6.14. The average Bonchev–Trinajstić information content (AvgIpc) is 3.20. The van der Waals surface area contributed by atoms with Crippen molar-refractivity contribution >= 4 is 45.3 Å². The van der Waals surface area contributed by atoms with Crippen molar-refractivity contribution in [3.8, 4) is 11.3 Å². The Morgan fingerprint density at radius 2 is 1.76 bits per heavy atom. The van der Waals surface area contributed by atoms with E-state index < -0.39 is 23.7 Å². The van der Waals surface area contributed by atoms with Crippen molar-refractivity contribution in [2.75, 3.05) is 5.32 Å². The van der Waals surface area contributed by atoms with Gasteiger partial charge in [-0.2, -0.15) is 4.98 Å². The van der Waals surface area contributed by atoms with Gasteiger partial charge < -0.3 is 14.8 Å². The molecule has 3 aliphatic carbocycles. The molecule has 2 aromatic heterocycles. The molecule has 0 spiro atoms. The van der Waals surface area contributed by atoms with E-state index in [0.717, 1.165) is 36.5 Å². The van der Waals surface area contributed by atoms with Gasteiger partial charge in [0.05, 0.1) is 5.92 Å². The number of aromatic nitrogens is 2. The normalized spacial score (nSPS) is 24.4. The summed E-state index contributed by atoms with van der Waals surface area (Å²) in [5.74, 6) is -1.91. The molecule has 0 radical (unpaired) electrons. The molecule has 33 heavy (non-hydrogen) atoms. The molecular weight excluding hydrogens is 445 g/mol. The van der Waals surface area contributed by atoms with Crippen molar-refractivity contribution in [3.05, 3.63) is 53.6 Å². The molecule has 3 aliphatic rings. The first kappa shape index (κ1) is 20.4. The molecule has 6 nitrogen and oxygen atoms in total. The van der Waals surface area contributed by atoms with Gasteiger partial charge in [0, 0.05) is 22.4 Å². The highest BCUT2D eigenvalue weighted by atomic mass is 35.5. The number of anilines is 1. The molecule has 2 unspecified atom stereocenters. The van der Waals surface area contributed by atoms with E-state index in [1.54, 1.807) is 6.07 Å². The molecule has 0 saturated heterocycles. The van der Waals surface area contributed by atoms with Crippen molar-refractivity contribution in [3.63, 3.8) is 0 Å². The number of para-hydroxylation sites is 2. The number of benzene rings is 2. The van der Waals surface area contributed by atoms with Gasteiger partial charge in [-0.15, -0.1) is 0 Å². The molecule has 7 rings (SSSR count). The SMILES string of the molecule is O=C(O)C1C2CCC(CC2)C1Nc1nc(Cl)nc(-c2cccc3c2oc2ccccc23)c1F. The fourth-order valence-corrected chi connectivity index (χ4v) is 5.97. The van der Waals surface area contributed by atoms with Crippen LogP contribution in [0.5, 0.6) is 0 Å². The summed E-state index contributed by atoms with van der Waals surface area (Å²) in [5, 5.41) is 14.6. The summed E-state index contributed by atoms with van der Waals surface area (Å²) < 4.78 is 21.9. The summed E-state index contributed by atoms with van der Waals surface area (Å²) >= 11 is 6.22. The number of aliphatic carboxylic acids is 1. The highest BCUT2D eigenvalue weighted by Gasteiger charge is 2.47. The summed E-state index contributed by atoms with van der Waals surface area (Å²) in [5.41, 5.74) is 1.70. The van der Waals surface area contributed by atoms with Crippen LogP contribution >= 0.6 is 11.6 Å². The lowest BCUT2D eigenvalue weighted by Gasteiger charge is -2.47. The van der Waals surface area contributed by atoms with Gasteiger partial charge in [0.15, 0.2) is 11.6 Å². The number of carbonyl (C=O) groups is 1. The quantitative estimate of drug-likeness (QED) is 0.352. The van der Waals surface area contributed by atoms with Gasteiger partial charge in [-0.25, -0.2) is 9.37 Å². The van der Waals surface area contributed by atoms with E-state index in [-0.39, 0.29) is 28.6 Å². The van der Waals surface area contributed by atoms with Crippen molar-refractivity contribution in [2.45, 2.75) is 31.7 Å². The summed E-state index contributed by atoms with van der Waals surface area (Å²) in [6, 6.07) is 12.7. The number of nitrogens with one attached hydrogen (secondary N) is 1. The third-order valence-corrected chi connectivity index (χ3v) is 7.46. The highest BCUT2D eigenvalue weighted by Crippen LogP contribution is 2.47. The van der Waals surface area contributed by atoms with Crippen molar-refractivity contribution in [2.24, 2.45) is 17.8 Å². The Bertz CT molecular complexity index is 1400. The lowest BCUT2D eigenvalue weighted by atomic mass is 9.61. The maximum absolute atomic E-state index is 15.8. The minimum Gasteiger partial charge on any atom is -0.481 e. The van der Waals surface area contributed by atoms with Crippen molar-refractivity contribution < 1.29 is 18.7 Å². The van der Waals surface area contributed by atoms with Crippen LogP contribution < -0.4 is 5.32 Å². The Balaban J connectivity index is 1.46. The van der Waals surface area contributed by atoms with Crippen molar-refractivity contribution in [1.29, 1.82) is 0 Å². The predicted molar refractivity (Wildman–Crippen MR) is 124 cm³/mol. The first-order valence-electron chi connectivity index (χ1n) is 11.1. The number of furan rings is 1. The lowest BCUT2D eigenvalue weighted by molar-refractivity contribution is -0.148. The molecule has 2 N–H and O–H groups in total. The molecule has 3 saturated carbocycles. The van der Waals surface area contributed by atoms with Crippen molar-refractivity contribution in [1.82, 2.24) is 9.97 Å². The van der Waals surface area contributed by atoms with Crippen LogP contribution in [0.3, 0.4) is 0 Å². The maximum atomic E-state index is 15.8. The smallest absolute Gasteiger partial charge is 0.308 e. The van der Waals surface area contributed by atoms with Crippen LogP contribution in [-0.4, -0.2) is 27.1 Å². The summed E-state index contributed by atoms with van der Waals surface area (Å²) in [4.78, 5) is 20.3. The van der Waals surface area contributed by atoms with Gasteiger partial charge in [-0.1, -0.05) is 30.3 Å². The van der Waals surface area contributed by atoms with E-state index in [1.807, 2.05) is 36.4 Å². The van der Waals surface area contributed by atoms with E-state index in [0.29, 0.717) is 16.7 Å². The second-order valence-corrected chi connectivity index (χ2v) is 9.33. The van der Waals surface area contributed by atoms with Crippen LogP contribution in [0.2, 0.25) is 5.28 Å². The van der Waals surface area contributed by atoms with Crippen LogP contribution in [0.1, 0.15) is 25.7 Å². The van der Waals surface area contributed by atoms with Gasteiger partial charge in [-0.3, -0.25) is 4.79 Å². The van der Waals surface area contributed by atoms with Crippen LogP contribution in [0, 0.1) is 23.6 Å². The summed E-state index contributed by atoms with van der Waals surface area (Å²) in [6.45, 7) is 0. The number of nitrogens with zero attached hydrogens (tertiary/aromatic N) is 2. The van der Waals surface area contributed by atoms with E-state index >= 15 is 4.39 Å². The largest absolute Gasteiger partial charge is 0.481 e. The minimum absolute atomic E-state index is 0.0231. The van der Waals surface area contributed by atoms with E-state index in [4.69, 9.17) is 16.0 Å². The second-order valence-electron chi connectivity index (χ2n) is 8.99. The van der Waals surface area contributed by atoms with Gasteiger partial charge in [0.25, 0.3) is 0 Å². The summed E-state index contributed by atoms with van der Waals surface area (Å²) in [6.07, 6.45) is 3.65. The van der Waals surface area contributed by atoms with E-state index in [2.05, 4.69) is 15.3 Å². The Labute approximate surface area is 193 Å². The number of halogens is 2.